The number of aliphatic hydroxyl groups is 1. The van der Waals surface area contributed by atoms with E-state index >= 15 is 0 Å². The summed E-state index contributed by atoms with van der Waals surface area (Å²) in [6, 6.07) is 7.91. The third-order valence-electron chi connectivity index (χ3n) is 2.96. The van der Waals surface area contributed by atoms with E-state index in [1.807, 2.05) is 24.3 Å². The molecule has 1 aromatic carbocycles. The van der Waals surface area contributed by atoms with Crippen molar-refractivity contribution in [2.75, 3.05) is 19.8 Å². The minimum atomic E-state index is 0.267. The maximum atomic E-state index is 8.94. The van der Waals surface area contributed by atoms with Crippen LogP contribution in [0, 0.1) is 18.3 Å². The number of para-hydroxylation sites is 1. The lowest BCUT2D eigenvalue weighted by Crippen LogP contribution is -2.16. The number of ether oxygens (including phenoxy) is 1. The molecule has 0 saturated carbocycles. The van der Waals surface area contributed by atoms with Gasteiger partial charge in [0.05, 0.1) is 0 Å². The largest absolute Gasteiger partial charge is 0.481 e. The van der Waals surface area contributed by atoms with Gasteiger partial charge in [-0.05, 0) is 31.4 Å². The van der Waals surface area contributed by atoms with Gasteiger partial charge in [0.1, 0.15) is 12.4 Å². The Labute approximate surface area is 116 Å². The van der Waals surface area contributed by atoms with Crippen LogP contribution in [-0.4, -0.2) is 24.9 Å². The van der Waals surface area contributed by atoms with E-state index < -0.39 is 0 Å². The van der Waals surface area contributed by atoms with Crippen molar-refractivity contribution in [2.24, 2.45) is 5.92 Å². The third-order valence-corrected chi connectivity index (χ3v) is 2.96. The molecule has 0 aliphatic heterocycles. The van der Waals surface area contributed by atoms with Crippen molar-refractivity contribution in [3.05, 3.63) is 29.8 Å². The number of hydrogen-bond acceptors (Lipinski definition) is 3. The Hall–Kier alpha value is -1.50. The normalized spacial score (nSPS) is 11.8. The van der Waals surface area contributed by atoms with Crippen molar-refractivity contribution >= 4 is 0 Å². The molecule has 0 saturated heterocycles. The van der Waals surface area contributed by atoms with E-state index in [0.29, 0.717) is 12.5 Å². The van der Waals surface area contributed by atoms with Gasteiger partial charge in [-0.2, -0.15) is 0 Å². The molecule has 1 atom stereocenters. The lowest BCUT2D eigenvalue weighted by Gasteiger charge is -2.11. The predicted molar refractivity (Wildman–Crippen MR) is 78.0 cm³/mol. The van der Waals surface area contributed by atoms with Gasteiger partial charge in [-0.15, -0.1) is 6.42 Å². The van der Waals surface area contributed by atoms with Crippen LogP contribution in [0.5, 0.6) is 5.75 Å². The minimum absolute atomic E-state index is 0.267. The van der Waals surface area contributed by atoms with Crippen LogP contribution in [-0.2, 0) is 6.54 Å². The van der Waals surface area contributed by atoms with E-state index in [1.165, 1.54) is 0 Å². The lowest BCUT2D eigenvalue weighted by molar-refractivity contribution is 0.228. The van der Waals surface area contributed by atoms with Crippen molar-refractivity contribution < 1.29 is 9.84 Å². The topological polar surface area (TPSA) is 41.5 Å². The van der Waals surface area contributed by atoms with Gasteiger partial charge < -0.3 is 15.2 Å². The van der Waals surface area contributed by atoms with E-state index in [-0.39, 0.29) is 6.61 Å². The molecule has 3 nitrogen and oxygen atoms in total. The average molecular weight is 261 g/mol. The highest BCUT2D eigenvalue weighted by atomic mass is 16.5. The molecule has 1 unspecified atom stereocenters. The monoisotopic (exact) mass is 261 g/mol. The molecule has 0 heterocycles. The molecule has 104 valence electrons. The summed E-state index contributed by atoms with van der Waals surface area (Å²) in [4.78, 5) is 0. The van der Waals surface area contributed by atoms with Crippen LogP contribution < -0.4 is 10.1 Å². The summed E-state index contributed by atoms with van der Waals surface area (Å²) in [5, 5.41) is 12.3. The molecule has 0 aliphatic rings. The van der Waals surface area contributed by atoms with Crippen LogP contribution in [0.15, 0.2) is 24.3 Å². The average Bonchev–Trinajstić information content (AvgIpc) is 2.45. The van der Waals surface area contributed by atoms with E-state index in [1.54, 1.807) is 0 Å². The zero-order chi connectivity index (χ0) is 13.9. The molecular formula is C16H23NO2. The van der Waals surface area contributed by atoms with Gasteiger partial charge in [-0.3, -0.25) is 0 Å². The van der Waals surface area contributed by atoms with E-state index in [4.69, 9.17) is 16.3 Å². The maximum absolute atomic E-state index is 8.94. The molecule has 0 aliphatic carbocycles. The highest BCUT2D eigenvalue weighted by molar-refractivity contribution is 5.33. The molecule has 0 aromatic heterocycles. The first-order chi connectivity index (χ1) is 9.27. The Morgan fingerprint density at radius 3 is 2.95 bits per heavy atom. The molecule has 1 rings (SSSR count). The summed E-state index contributed by atoms with van der Waals surface area (Å²) in [5.74, 6) is 3.70. The van der Waals surface area contributed by atoms with Gasteiger partial charge in [0.2, 0.25) is 0 Å². The van der Waals surface area contributed by atoms with E-state index in [2.05, 4.69) is 18.2 Å². The van der Waals surface area contributed by atoms with Gasteiger partial charge in [0.15, 0.2) is 0 Å². The second kappa shape index (κ2) is 9.43. The summed E-state index contributed by atoms with van der Waals surface area (Å²) in [7, 11) is 0. The van der Waals surface area contributed by atoms with Crippen molar-refractivity contribution in [3.8, 4) is 18.1 Å². The molecule has 0 fully saturated rings. The van der Waals surface area contributed by atoms with Crippen molar-refractivity contribution in [1.29, 1.82) is 0 Å². The molecule has 0 amide bonds. The van der Waals surface area contributed by atoms with Crippen molar-refractivity contribution in [3.63, 3.8) is 0 Å². The van der Waals surface area contributed by atoms with E-state index in [9.17, 15) is 0 Å². The molecule has 19 heavy (non-hydrogen) atoms. The highest BCUT2D eigenvalue weighted by Crippen LogP contribution is 2.17. The molecule has 1 aromatic rings. The lowest BCUT2D eigenvalue weighted by atomic mass is 10.1. The number of aliphatic hydroxyl groups excluding tert-OH is 1. The fourth-order valence-electron chi connectivity index (χ4n) is 1.80. The van der Waals surface area contributed by atoms with Crippen LogP contribution in [0.25, 0.3) is 0 Å². The van der Waals surface area contributed by atoms with Gasteiger partial charge >= 0.3 is 0 Å². The Balaban J connectivity index is 2.30. The summed E-state index contributed by atoms with van der Waals surface area (Å²) < 4.78 is 5.49. The van der Waals surface area contributed by atoms with E-state index in [0.717, 1.165) is 37.2 Å². The Kier molecular flexibility index (Phi) is 7.72. The van der Waals surface area contributed by atoms with Gasteiger partial charge in [0, 0.05) is 18.7 Å². The summed E-state index contributed by atoms with van der Waals surface area (Å²) in [6.07, 6.45) is 7.30. The number of nitrogens with one attached hydrogen (secondary N) is 1. The quantitative estimate of drug-likeness (QED) is 0.529. The fraction of sp³-hybridized carbons (Fsp3) is 0.500. The fourth-order valence-corrected chi connectivity index (χ4v) is 1.80. The number of terminal acetylenes is 1. The number of rotatable bonds is 9. The maximum Gasteiger partial charge on any atom is 0.148 e. The standard InChI is InChI=1S/C16H23NO2/c1-3-11-19-16-9-5-4-8-15(16)12-17-10-6-7-14(2)13-18/h1,4-5,8-9,14,17-18H,6-7,10-13H2,2H3. The number of benzene rings is 1. The zero-order valence-corrected chi connectivity index (χ0v) is 11.6. The summed E-state index contributed by atoms with van der Waals surface area (Å²) >= 11 is 0. The Morgan fingerprint density at radius 1 is 1.42 bits per heavy atom. The van der Waals surface area contributed by atoms with Crippen LogP contribution in [0.3, 0.4) is 0 Å². The molecule has 3 heteroatoms. The molecular weight excluding hydrogens is 238 g/mol. The first-order valence-electron chi connectivity index (χ1n) is 6.73. The molecule has 0 spiro atoms. The van der Waals surface area contributed by atoms with Gasteiger partial charge in [-0.1, -0.05) is 31.0 Å². The third kappa shape index (κ3) is 6.28. The van der Waals surface area contributed by atoms with Gasteiger partial charge in [0.25, 0.3) is 0 Å². The Bertz CT molecular complexity index is 398. The molecule has 2 N–H and O–H groups in total. The second-order valence-electron chi connectivity index (χ2n) is 4.71. The predicted octanol–water partition coefficient (Wildman–Crippen LogP) is 2.20. The zero-order valence-electron chi connectivity index (χ0n) is 11.6. The van der Waals surface area contributed by atoms with Crippen LogP contribution in [0.1, 0.15) is 25.3 Å². The highest BCUT2D eigenvalue weighted by Gasteiger charge is 2.02. The van der Waals surface area contributed by atoms with Crippen LogP contribution in [0.2, 0.25) is 0 Å². The van der Waals surface area contributed by atoms with Crippen molar-refractivity contribution in [2.45, 2.75) is 26.3 Å². The van der Waals surface area contributed by atoms with Crippen LogP contribution >= 0.6 is 0 Å². The smallest absolute Gasteiger partial charge is 0.148 e. The molecule has 0 bridgehead atoms. The summed E-state index contributed by atoms with van der Waals surface area (Å²) in [5.41, 5.74) is 1.12. The van der Waals surface area contributed by atoms with Gasteiger partial charge in [-0.25, -0.2) is 0 Å². The SMILES string of the molecule is C#CCOc1ccccc1CNCCCC(C)CO. The second-order valence-corrected chi connectivity index (χ2v) is 4.71. The number of hydrogen-bond donors (Lipinski definition) is 2. The first kappa shape index (κ1) is 15.6. The minimum Gasteiger partial charge on any atom is -0.481 e. The Morgan fingerprint density at radius 2 is 2.21 bits per heavy atom. The molecule has 0 radical (unpaired) electrons. The first-order valence-corrected chi connectivity index (χ1v) is 6.73. The summed E-state index contributed by atoms with van der Waals surface area (Å²) in [6.45, 7) is 4.33. The van der Waals surface area contributed by atoms with Crippen LogP contribution in [0.4, 0.5) is 0 Å². The van der Waals surface area contributed by atoms with Crippen molar-refractivity contribution in [1.82, 2.24) is 5.32 Å².